The van der Waals surface area contributed by atoms with E-state index in [0.29, 0.717) is 25.0 Å². The zero-order valence-electron chi connectivity index (χ0n) is 17.6. The molecule has 0 aliphatic rings. The summed E-state index contributed by atoms with van der Waals surface area (Å²) in [6, 6.07) is 9.69. The van der Waals surface area contributed by atoms with Crippen LogP contribution in [0.4, 0.5) is 5.69 Å². The molecule has 0 aliphatic heterocycles. The van der Waals surface area contributed by atoms with Gasteiger partial charge >= 0.3 is 0 Å². The first-order chi connectivity index (χ1) is 13.5. The van der Waals surface area contributed by atoms with Gasteiger partial charge in [-0.25, -0.2) is 4.99 Å². The van der Waals surface area contributed by atoms with Gasteiger partial charge in [-0.3, -0.25) is 4.79 Å². The van der Waals surface area contributed by atoms with Crippen LogP contribution in [-0.2, 0) is 17.9 Å². The minimum atomic E-state index is -0.0875. The average molecular weight is 513 g/mol. The van der Waals surface area contributed by atoms with Crippen LogP contribution in [0.25, 0.3) is 0 Å². The third kappa shape index (κ3) is 8.43. The van der Waals surface area contributed by atoms with E-state index in [9.17, 15) is 4.79 Å². The second kappa shape index (κ2) is 13.2. The van der Waals surface area contributed by atoms with Gasteiger partial charge in [0.15, 0.2) is 11.7 Å². The lowest BCUT2D eigenvalue weighted by molar-refractivity contribution is -0.114. The van der Waals surface area contributed by atoms with E-state index in [1.165, 1.54) is 6.92 Å². The van der Waals surface area contributed by atoms with Crippen molar-refractivity contribution in [1.82, 2.24) is 15.8 Å². The number of halogens is 1. The summed E-state index contributed by atoms with van der Waals surface area (Å²) in [6.07, 6.45) is 2.11. The average Bonchev–Trinajstić information content (AvgIpc) is 3.13. The Morgan fingerprint density at radius 2 is 1.93 bits per heavy atom. The van der Waals surface area contributed by atoms with Crippen LogP contribution >= 0.6 is 24.0 Å². The van der Waals surface area contributed by atoms with Crippen molar-refractivity contribution in [2.24, 2.45) is 4.99 Å². The van der Waals surface area contributed by atoms with Crippen molar-refractivity contribution in [2.75, 3.05) is 11.9 Å². The normalized spacial score (nSPS) is 11.1. The highest BCUT2D eigenvalue weighted by Crippen LogP contribution is 2.22. The molecule has 0 spiro atoms. The van der Waals surface area contributed by atoms with Crippen LogP contribution in [0.3, 0.4) is 0 Å². The van der Waals surface area contributed by atoms with Gasteiger partial charge in [0.25, 0.3) is 0 Å². The molecule has 0 saturated carbocycles. The predicted octanol–water partition coefficient (Wildman–Crippen LogP) is 4.41. The number of rotatable bonds is 9. The number of amides is 1. The van der Waals surface area contributed by atoms with Crippen molar-refractivity contribution in [2.45, 2.75) is 59.5 Å². The van der Waals surface area contributed by atoms with Gasteiger partial charge in [0, 0.05) is 31.1 Å². The van der Waals surface area contributed by atoms with Crippen molar-refractivity contribution in [1.29, 1.82) is 0 Å². The maximum Gasteiger partial charge on any atom is 0.221 e. The summed E-state index contributed by atoms with van der Waals surface area (Å²) >= 11 is 0. The van der Waals surface area contributed by atoms with Crippen LogP contribution in [0.5, 0.6) is 0 Å². The van der Waals surface area contributed by atoms with E-state index < -0.39 is 0 Å². The Morgan fingerprint density at radius 1 is 1.17 bits per heavy atom. The summed E-state index contributed by atoms with van der Waals surface area (Å²) in [5, 5.41) is 13.5. The molecule has 0 bridgehead atoms. The Hall–Kier alpha value is -2.10. The van der Waals surface area contributed by atoms with E-state index in [0.717, 1.165) is 42.1 Å². The summed E-state index contributed by atoms with van der Waals surface area (Å²) in [7, 11) is 0. The molecule has 1 heterocycles. The molecule has 2 aromatic rings. The Labute approximate surface area is 190 Å². The van der Waals surface area contributed by atoms with Crippen molar-refractivity contribution in [3.05, 3.63) is 47.3 Å². The van der Waals surface area contributed by atoms with Gasteiger partial charge in [0.1, 0.15) is 0 Å². The summed E-state index contributed by atoms with van der Waals surface area (Å²) in [5.41, 5.74) is 2.80. The maximum absolute atomic E-state index is 11.2. The zero-order chi connectivity index (χ0) is 20.4. The molecular weight excluding hydrogens is 481 g/mol. The number of aliphatic imine (C=N–C) groups is 1. The number of benzene rings is 1. The van der Waals surface area contributed by atoms with Crippen LogP contribution in [0.15, 0.2) is 39.8 Å². The Kier molecular flexibility index (Phi) is 11.3. The molecule has 2 rings (SSSR count). The molecule has 8 heteroatoms. The topological polar surface area (TPSA) is 91.5 Å². The smallest absolute Gasteiger partial charge is 0.221 e. The fourth-order valence-electron chi connectivity index (χ4n) is 2.95. The first-order valence-electron chi connectivity index (χ1n) is 9.89. The number of carbonyl (C=O) groups is 1. The lowest BCUT2D eigenvalue weighted by atomic mass is 9.99. The van der Waals surface area contributed by atoms with E-state index in [1.54, 1.807) is 0 Å². The minimum absolute atomic E-state index is 0. The third-order valence-electron chi connectivity index (χ3n) is 4.42. The number of nitrogens with one attached hydrogen (secondary N) is 3. The Morgan fingerprint density at radius 3 is 2.59 bits per heavy atom. The molecule has 0 atom stereocenters. The Balaban J connectivity index is 0.00000420. The standard InChI is InChI=1S/C21H31N5O2.HI/c1-5-17(6-2)20-12-19(28-26-20)14-24-21(22-7-3)23-13-16-9-8-10-18(11-16)25-15(4)27;/h8-12,17H,5-7,13-14H2,1-4H3,(H,25,27)(H2,22,23,24);1H. The van der Waals surface area contributed by atoms with E-state index in [2.05, 4.69) is 39.9 Å². The SMILES string of the molecule is CCNC(=NCc1cccc(NC(C)=O)c1)NCc1cc(C(CC)CC)no1.I. The highest BCUT2D eigenvalue weighted by molar-refractivity contribution is 14.0. The fraction of sp³-hybridized carbons (Fsp3) is 0.476. The van der Waals surface area contributed by atoms with E-state index >= 15 is 0 Å². The molecule has 3 N–H and O–H groups in total. The quantitative estimate of drug-likeness (QED) is 0.263. The van der Waals surface area contributed by atoms with Crippen LogP contribution in [0, 0.1) is 0 Å². The monoisotopic (exact) mass is 513 g/mol. The molecule has 29 heavy (non-hydrogen) atoms. The van der Waals surface area contributed by atoms with E-state index in [-0.39, 0.29) is 29.9 Å². The van der Waals surface area contributed by atoms with Gasteiger partial charge in [-0.1, -0.05) is 31.1 Å². The summed E-state index contributed by atoms with van der Waals surface area (Å²) in [4.78, 5) is 15.8. The molecule has 7 nitrogen and oxygen atoms in total. The number of nitrogens with zero attached hydrogens (tertiary/aromatic N) is 2. The molecule has 0 unspecified atom stereocenters. The molecular formula is C21H32IN5O2. The van der Waals surface area contributed by atoms with Crippen molar-refractivity contribution >= 4 is 41.5 Å². The van der Waals surface area contributed by atoms with Gasteiger partial charge in [-0.05, 0) is 37.5 Å². The van der Waals surface area contributed by atoms with Gasteiger partial charge in [-0.2, -0.15) is 0 Å². The van der Waals surface area contributed by atoms with Gasteiger partial charge < -0.3 is 20.5 Å². The number of anilines is 1. The molecule has 0 fully saturated rings. The number of aromatic nitrogens is 1. The third-order valence-corrected chi connectivity index (χ3v) is 4.42. The van der Waals surface area contributed by atoms with Crippen LogP contribution < -0.4 is 16.0 Å². The number of hydrogen-bond acceptors (Lipinski definition) is 4. The molecule has 1 amide bonds. The largest absolute Gasteiger partial charge is 0.359 e. The highest BCUT2D eigenvalue weighted by Gasteiger charge is 2.13. The van der Waals surface area contributed by atoms with Crippen molar-refractivity contribution < 1.29 is 9.32 Å². The predicted molar refractivity (Wildman–Crippen MR) is 128 cm³/mol. The lowest BCUT2D eigenvalue weighted by Gasteiger charge is -2.10. The molecule has 1 aromatic heterocycles. The van der Waals surface area contributed by atoms with Crippen LogP contribution in [-0.4, -0.2) is 23.6 Å². The second-order valence-corrected chi connectivity index (χ2v) is 6.66. The van der Waals surface area contributed by atoms with E-state index in [4.69, 9.17) is 4.52 Å². The highest BCUT2D eigenvalue weighted by atomic mass is 127. The molecule has 160 valence electrons. The van der Waals surface area contributed by atoms with Crippen LogP contribution in [0.1, 0.15) is 63.5 Å². The first kappa shape index (κ1) is 24.9. The number of guanidine groups is 1. The number of carbonyl (C=O) groups excluding carboxylic acids is 1. The van der Waals surface area contributed by atoms with Crippen LogP contribution in [0.2, 0.25) is 0 Å². The van der Waals surface area contributed by atoms with E-state index in [1.807, 2.05) is 37.3 Å². The Bertz CT molecular complexity index is 787. The number of hydrogen-bond donors (Lipinski definition) is 3. The maximum atomic E-state index is 11.2. The van der Waals surface area contributed by atoms with Gasteiger partial charge in [-0.15, -0.1) is 24.0 Å². The van der Waals surface area contributed by atoms with Gasteiger partial charge in [0.2, 0.25) is 5.91 Å². The van der Waals surface area contributed by atoms with Crippen molar-refractivity contribution in [3.63, 3.8) is 0 Å². The fourth-order valence-corrected chi connectivity index (χ4v) is 2.95. The molecule has 0 saturated heterocycles. The van der Waals surface area contributed by atoms with Gasteiger partial charge in [0.05, 0.1) is 18.8 Å². The lowest BCUT2D eigenvalue weighted by Crippen LogP contribution is -2.36. The first-order valence-corrected chi connectivity index (χ1v) is 9.89. The molecule has 0 radical (unpaired) electrons. The molecule has 0 aliphatic carbocycles. The summed E-state index contributed by atoms with van der Waals surface area (Å²) in [5.74, 6) is 1.85. The molecule has 1 aromatic carbocycles. The zero-order valence-corrected chi connectivity index (χ0v) is 19.9. The minimum Gasteiger partial charge on any atom is -0.359 e. The van der Waals surface area contributed by atoms with Crippen molar-refractivity contribution in [3.8, 4) is 0 Å². The summed E-state index contributed by atoms with van der Waals surface area (Å²) in [6.45, 7) is 9.62. The summed E-state index contributed by atoms with van der Waals surface area (Å²) < 4.78 is 5.46. The second-order valence-electron chi connectivity index (χ2n) is 6.66.